The molecule has 24 heavy (non-hydrogen) atoms. The average Bonchev–Trinajstić information content (AvgIpc) is 2.54. The number of carbonyl (C=O) groups excluding carboxylic acids is 1. The van der Waals surface area contributed by atoms with Crippen molar-refractivity contribution in [3.05, 3.63) is 35.4 Å². The number of rotatable bonds is 5. The standard InChI is InChI=1S/C18H24F3NO2/c1-12(15-4-2-3-5-16(15)18(19,20)21)10-17(24)22-14-8-6-13(11-23)7-9-14/h2-5,12-14,23H,6-11H2,1H3,(H,22,24). The van der Waals surface area contributed by atoms with Gasteiger partial charge in [-0.05, 0) is 49.1 Å². The molecule has 1 aliphatic rings. The van der Waals surface area contributed by atoms with E-state index in [2.05, 4.69) is 5.32 Å². The van der Waals surface area contributed by atoms with Gasteiger partial charge in [0.25, 0.3) is 0 Å². The fourth-order valence-corrected chi connectivity index (χ4v) is 3.35. The maximum atomic E-state index is 13.1. The Labute approximate surface area is 140 Å². The number of halogens is 3. The Hall–Kier alpha value is -1.56. The lowest BCUT2D eigenvalue weighted by molar-refractivity contribution is -0.138. The van der Waals surface area contributed by atoms with E-state index in [4.69, 9.17) is 5.11 Å². The molecule has 0 saturated heterocycles. The molecule has 1 aromatic carbocycles. The van der Waals surface area contributed by atoms with Crippen LogP contribution in [-0.2, 0) is 11.0 Å². The van der Waals surface area contributed by atoms with Crippen LogP contribution in [0, 0.1) is 5.92 Å². The van der Waals surface area contributed by atoms with Crippen molar-refractivity contribution < 1.29 is 23.1 Å². The second kappa shape index (κ2) is 8.01. The number of aliphatic hydroxyl groups is 1. The Balaban J connectivity index is 1.93. The van der Waals surface area contributed by atoms with Gasteiger partial charge in [0.05, 0.1) is 5.56 Å². The van der Waals surface area contributed by atoms with E-state index in [0.717, 1.165) is 31.7 Å². The number of amides is 1. The van der Waals surface area contributed by atoms with Crippen LogP contribution in [0.25, 0.3) is 0 Å². The van der Waals surface area contributed by atoms with Gasteiger partial charge in [-0.3, -0.25) is 4.79 Å². The highest BCUT2D eigenvalue weighted by Crippen LogP contribution is 2.36. The molecule has 1 amide bonds. The second-order valence-electron chi connectivity index (χ2n) is 6.66. The summed E-state index contributed by atoms with van der Waals surface area (Å²) in [6.07, 6.45) is -1.02. The smallest absolute Gasteiger partial charge is 0.396 e. The molecule has 1 unspecified atom stereocenters. The summed E-state index contributed by atoms with van der Waals surface area (Å²) in [5.74, 6) is -0.417. The summed E-state index contributed by atoms with van der Waals surface area (Å²) in [6.45, 7) is 1.82. The predicted molar refractivity (Wildman–Crippen MR) is 85.5 cm³/mol. The molecule has 1 aliphatic carbocycles. The molecule has 0 heterocycles. The van der Waals surface area contributed by atoms with E-state index in [1.165, 1.54) is 12.1 Å². The Bertz CT molecular complexity index is 551. The van der Waals surface area contributed by atoms with Crippen LogP contribution in [0.2, 0.25) is 0 Å². The first-order valence-electron chi connectivity index (χ1n) is 8.37. The number of hydrogen-bond donors (Lipinski definition) is 2. The molecule has 1 aromatic rings. The fourth-order valence-electron chi connectivity index (χ4n) is 3.35. The minimum absolute atomic E-state index is 0.0347. The third-order valence-corrected chi connectivity index (χ3v) is 4.76. The first kappa shape index (κ1) is 18.8. The molecule has 2 N–H and O–H groups in total. The molecule has 1 saturated carbocycles. The Kier molecular flexibility index (Phi) is 6.27. The number of hydrogen-bond acceptors (Lipinski definition) is 2. The topological polar surface area (TPSA) is 49.3 Å². The molecule has 0 spiro atoms. The third kappa shape index (κ3) is 4.97. The van der Waals surface area contributed by atoms with Gasteiger partial charge in [-0.2, -0.15) is 13.2 Å². The Morgan fingerprint density at radius 2 is 1.88 bits per heavy atom. The van der Waals surface area contributed by atoms with Gasteiger partial charge in [0.2, 0.25) is 5.91 Å². The van der Waals surface area contributed by atoms with Crippen molar-refractivity contribution >= 4 is 5.91 Å². The van der Waals surface area contributed by atoms with Crippen LogP contribution in [0.5, 0.6) is 0 Å². The molecule has 1 atom stereocenters. The highest BCUT2D eigenvalue weighted by atomic mass is 19.4. The molecule has 0 aromatic heterocycles. The van der Waals surface area contributed by atoms with E-state index >= 15 is 0 Å². The molecule has 6 heteroatoms. The zero-order chi connectivity index (χ0) is 17.7. The first-order chi connectivity index (χ1) is 11.3. The maximum absolute atomic E-state index is 13.1. The SMILES string of the molecule is CC(CC(=O)NC1CCC(CO)CC1)c1ccccc1C(F)(F)F. The average molecular weight is 343 g/mol. The van der Waals surface area contributed by atoms with Gasteiger partial charge in [-0.25, -0.2) is 0 Å². The van der Waals surface area contributed by atoms with Crippen LogP contribution in [0.15, 0.2) is 24.3 Å². The van der Waals surface area contributed by atoms with Gasteiger partial charge >= 0.3 is 6.18 Å². The predicted octanol–water partition coefficient (Wildman–Crippen LogP) is 3.87. The van der Waals surface area contributed by atoms with Gasteiger partial charge in [0, 0.05) is 19.1 Å². The highest BCUT2D eigenvalue weighted by molar-refractivity contribution is 5.77. The number of alkyl halides is 3. The van der Waals surface area contributed by atoms with Crippen molar-refractivity contribution in [2.24, 2.45) is 5.92 Å². The van der Waals surface area contributed by atoms with Gasteiger partial charge in [0.15, 0.2) is 0 Å². The van der Waals surface area contributed by atoms with Crippen molar-refractivity contribution in [3.8, 4) is 0 Å². The summed E-state index contributed by atoms with van der Waals surface area (Å²) < 4.78 is 39.2. The molecule has 0 bridgehead atoms. The van der Waals surface area contributed by atoms with Crippen molar-refractivity contribution in [2.75, 3.05) is 6.61 Å². The highest BCUT2D eigenvalue weighted by Gasteiger charge is 2.34. The summed E-state index contributed by atoms with van der Waals surface area (Å²) in [5, 5.41) is 12.0. The van der Waals surface area contributed by atoms with Crippen molar-refractivity contribution in [1.29, 1.82) is 0 Å². The minimum Gasteiger partial charge on any atom is -0.396 e. The van der Waals surface area contributed by atoms with Gasteiger partial charge in [0.1, 0.15) is 0 Å². The summed E-state index contributed by atoms with van der Waals surface area (Å²) in [7, 11) is 0. The van der Waals surface area contributed by atoms with Crippen LogP contribution in [-0.4, -0.2) is 23.7 Å². The van der Waals surface area contributed by atoms with Crippen molar-refractivity contribution in [1.82, 2.24) is 5.32 Å². The zero-order valence-electron chi connectivity index (χ0n) is 13.8. The van der Waals surface area contributed by atoms with Crippen molar-refractivity contribution in [2.45, 2.75) is 57.2 Å². The minimum atomic E-state index is -4.41. The Morgan fingerprint density at radius 3 is 2.46 bits per heavy atom. The monoisotopic (exact) mass is 343 g/mol. The lowest BCUT2D eigenvalue weighted by atomic mass is 9.86. The molecule has 0 aliphatic heterocycles. The molecule has 3 nitrogen and oxygen atoms in total. The molecular weight excluding hydrogens is 319 g/mol. The van der Waals surface area contributed by atoms with Gasteiger partial charge < -0.3 is 10.4 Å². The quantitative estimate of drug-likeness (QED) is 0.853. The first-order valence-corrected chi connectivity index (χ1v) is 8.37. The van der Waals surface area contributed by atoms with Gasteiger partial charge in [-0.15, -0.1) is 0 Å². The summed E-state index contributed by atoms with van der Waals surface area (Å²) in [5.41, 5.74) is -0.516. The molecule has 0 radical (unpaired) electrons. The maximum Gasteiger partial charge on any atom is 0.416 e. The normalized spacial score (nSPS) is 22.9. The van der Waals surface area contributed by atoms with E-state index < -0.39 is 17.7 Å². The summed E-state index contributed by atoms with van der Waals surface area (Å²) in [4.78, 5) is 12.2. The third-order valence-electron chi connectivity index (χ3n) is 4.76. The number of carbonyl (C=O) groups is 1. The lowest BCUT2D eigenvalue weighted by Crippen LogP contribution is -2.38. The lowest BCUT2D eigenvalue weighted by Gasteiger charge is -2.28. The van der Waals surface area contributed by atoms with E-state index in [9.17, 15) is 18.0 Å². The van der Waals surface area contributed by atoms with E-state index in [0.29, 0.717) is 5.92 Å². The zero-order valence-corrected chi connectivity index (χ0v) is 13.8. The second-order valence-corrected chi connectivity index (χ2v) is 6.66. The van der Waals surface area contributed by atoms with Gasteiger partial charge in [-0.1, -0.05) is 25.1 Å². The van der Waals surface area contributed by atoms with Crippen LogP contribution in [0.3, 0.4) is 0 Å². The van der Waals surface area contributed by atoms with Crippen LogP contribution in [0.1, 0.15) is 56.1 Å². The van der Waals surface area contributed by atoms with E-state index in [-0.39, 0.29) is 30.5 Å². The van der Waals surface area contributed by atoms with Crippen molar-refractivity contribution in [3.63, 3.8) is 0 Å². The summed E-state index contributed by atoms with van der Waals surface area (Å²) >= 11 is 0. The molecule has 1 fully saturated rings. The van der Waals surface area contributed by atoms with Crippen LogP contribution < -0.4 is 5.32 Å². The van der Waals surface area contributed by atoms with E-state index in [1.807, 2.05) is 0 Å². The summed E-state index contributed by atoms with van der Waals surface area (Å²) in [6, 6.07) is 5.48. The fraction of sp³-hybridized carbons (Fsp3) is 0.611. The van der Waals surface area contributed by atoms with Crippen LogP contribution >= 0.6 is 0 Å². The number of aliphatic hydroxyl groups excluding tert-OH is 1. The number of nitrogens with one attached hydrogen (secondary N) is 1. The Morgan fingerprint density at radius 1 is 1.25 bits per heavy atom. The largest absolute Gasteiger partial charge is 0.416 e. The number of benzene rings is 1. The molecule has 2 rings (SSSR count). The van der Waals surface area contributed by atoms with E-state index in [1.54, 1.807) is 13.0 Å². The van der Waals surface area contributed by atoms with Crippen LogP contribution in [0.4, 0.5) is 13.2 Å². The molecular formula is C18H24F3NO2. The molecule has 134 valence electrons.